The van der Waals surface area contributed by atoms with Crippen LogP contribution in [0.5, 0.6) is 0 Å². The maximum atomic E-state index is 14.2. The number of hydrogen-bond donors (Lipinski definition) is 2. The Morgan fingerprint density at radius 2 is 2.10 bits per heavy atom. The van der Waals surface area contributed by atoms with Crippen molar-refractivity contribution in [2.24, 2.45) is 16.8 Å². The predicted octanol–water partition coefficient (Wildman–Crippen LogP) is 2.94. The highest BCUT2D eigenvalue weighted by Crippen LogP contribution is 2.31. The van der Waals surface area contributed by atoms with Gasteiger partial charge in [-0.3, -0.25) is 0 Å². The second-order valence-electron chi connectivity index (χ2n) is 5.59. The van der Waals surface area contributed by atoms with E-state index in [1.807, 2.05) is 11.9 Å². The Hall–Kier alpha value is -1.78. The summed E-state index contributed by atoms with van der Waals surface area (Å²) in [4.78, 5) is 2.02. The van der Waals surface area contributed by atoms with Gasteiger partial charge in [0.25, 0.3) is 0 Å². The Labute approximate surface area is 119 Å². The van der Waals surface area contributed by atoms with E-state index in [2.05, 4.69) is 12.1 Å². The molecule has 1 saturated carbocycles. The Kier molecular flexibility index (Phi) is 4.47. The molecule has 1 aliphatic rings. The summed E-state index contributed by atoms with van der Waals surface area (Å²) in [5.41, 5.74) is 6.43. The van der Waals surface area contributed by atoms with Gasteiger partial charge in [0.2, 0.25) is 0 Å². The van der Waals surface area contributed by atoms with Crippen LogP contribution < -0.4 is 10.6 Å². The topological polar surface area (TPSA) is 61.8 Å². The molecule has 0 aliphatic heterocycles. The van der Waals surface area contributed by atoms with Crippen LogP contribution in [-0.2, 0) is 0 Å². The summed E-state index contributed by atoms with van der Waals surface area (Å²) in [7, 11) is 1.94. The van der Waals surface area contributed by atoms with E-state index in [-0.39, 0.29) is 11.7 Å². The first-order valence-electron chi connectivity index (χ1n) is 7.05. The Morgan fingerprint density at radius 3 is 2.70 bits per heavy atom. The van der Waals surface area contributed by atoms with Gasteiger partial charge in [0, 0.05) is 18.7 Å². The minimum Gasteiger partial charge on any atom is -0.409 e. The number of amidine groups is 1. The van der Waals surface area contributed by atoms with E-state index in [1.54, 1.807) is 12.1 Å². The third-order valence-electron chi connectivity index (χ3n) is 4.29. The normalized spacial score (nSPS) is 23.6. The van der Waals surface area contributed by atoms with E-state index in [0.29, 0.717) is 23.2 Å². The summed E-state index contributed by atoms with van der Waals surface area (Å²) < 4.78 is 14.2. The van der Waals surface area contributed by atoms with Gasteiger partial charge in [-0.1, -0.05) is 24.9 Å². The average Bonchev–Trinajstić information content (AvgIpc) is 2.46. The van der Waals surface area contributed by atoms with Crippen LogP contribution in [0.15, 0.2) is 23.4 Å². The fourth-order valence-corrected chi connectivity index (χ4v) is 3.06. The number of rotatable bonds is 3. The van der Waals surface area contributed by atoms with Crippen molar-refractivity contribution < 1.29 is 9.60 Å². The molecule has 1 fully saturated rings. The van der Waals surface area contributed by atoms with Gasteiger partial charge in [-0.05, 0) is 37.0 Å². The minimum atomic E-state index is -0.339. The summed E-state index contributed by atoms with van der Waals surface area (Å²) in [6.07, 6.45) is 4.75. The van der Waals surface area contributed by atoms with Crippen molar-refractivity contribution in [3.05, 3.63) is 29.6 Å². The highest BCUT2D eigenvalue weighted by Gasteiger charge is 2.26. The first-order chi connectivity index (χ1) is 9.54. The molecule has 0 heterocycles. The van der Waals surface area contributed by atoms with Gasteiger partial charge >= 0.3 is 0 Å². The monoisotopic (exact) mass is 279 g/mol. The van der Waals surface area contributed by atoms with Gasteiger partial charge in [0.15, 0.2) is 5.84 Å². The molecule has 0 bridgehead atoms. The third-order valence-corrected chi connectivity index (χ3v) is 4.29. The molecule has 4 nitrogen and oxygen atoms in total. The molecule has 0 saturated heterocycles. The summed E-state index contributed by atoms with van der Waals surface area (Å²) in [5.74, 6) is 0.149. The van der Waals surface area contributed by atoms with Crippen LogP contribution in [0, 0.1) is 11.7 Å². The number of anilines is 1. The maximum Gasteiger partial charge on any atom is 0.170 e. The van der Waals surface area contributed by atoms with E-state index < -0.39 is 0 Å². The van der Waals surface area contributed by atoms with Gasteiger partial charge in [0.05, 0.1) is 5.69 Å². The zero-order valence-electron chi connectivity index (χ0n) is 12.0. The van der Waals surface area contributed by atoms with Crippen molar-refractivity contribution in [1.29, 1.82) is 0 Å². The molecule has 0 aromatic heterocycles. The van der Waals surface area contributed by atoms with Crippen molar-refractivity contribution in [2.45, 2.75) is 38.6 Å². The van der Waals surface area contributed by atoms with Gasteiger partial charge in [-0.2, -0.15) is 0 Å². The molecular formula is C15H22FN3O. The first-order valence-corrected chi connectivity index (χ1v) is 7.05. The molecule has 3 N–H and O–H groups in total. The molecule has 1 aliphatic carbocycles. The van der Waals surface area contributed by atoms with Crippen LogP contribution >= 0.6 is 0 Å². The van der Waals surface area contributed by atoms with E-state index in [0.717, 1.165) is 6.42 Å². The highest BCUT2D eigenvalue weighted by molar-refractivity contribution is 5.97. The standard InChI is InChI=1S/C15H22FN3O/c1-10-5-3-4-6-13(10)19(2)14-8-7-11(9-12(14)16)15(17)18-20/h7-10,13,20H,3-6H2,1-2H3,(H2,17,18). The number of hydrogen-bond acceptors (Lipinski definition) is 3. The van der Waals surface area contributed by atoms with E-state index in [1.165, 1.54) is 25.3 Å². The van der Waals surface area contributed by atoms with E-state index in [4.69, 9.17) is 10.9 Å². The molecule has 1 aromatic rings. The molecule has 2 unspecified atom stereocenters. The predicted molar refractivity (Wildman–Crippen MR) is 78.7 cm³/mol. The molecule has 110 valence electrons. The molecule has 2 atom stereocenters. The number of nitrogens with zero attached hydrogens (tertiary/aromatic N) is 2. The lowest BCUT2D eigenvalue weighted by atomic mass is 9.85. The molecule has 0 radical (unpaired) electrons. The summed E-state index contributed by atoms with van der Waals surface area (Å²) in [6.45, 7) is 2.23. The molecule has 20 heavy (non-hydrogen) atoms. The number of oxime groups is 1. The first kappa shape index (κ1) is 14.6. The lowest BCUT2D eigenvalue weighted by Crippen LogP contribution is -2.39. The molecule has 2 rings (SSSR count). The zero-order chi connectivity index (χ0) is 14.7. The second kappa shape index (κ2) is 6.11. The van der Waals surface area contributed by atoms with Crippen LogP contribution in [-0.4, -0.2) is 24.1 Å². The van der Waals surface area contributed by atoms with Crippen LogP contribution in [0.4, 0.5) is 10.1 Å². The smallest absolute Gasteiger partial charge is 0.170 e. The van der Waals surface area contributed by atoms with Crippen LogP contribution in [0.1, 0.15) is 38.2 Å². The van der Waals surface area contributed by atoms with Crippen molar-refractivity contribution in [3.63, 3.8) is 0 Å². The zero-order valence-corrected chi connectivity index (χ0v) is 12.0. The molecule has 0 spiro atoms. The Bertz CT molecular complexity index is 504. The second-order valence-corrected chi connectivity index (χ2v) is 5.59. The van der Waals surface area contributed by atoms with Gasteiger partial charge < -0.3 is 15.8 Å². The van der Waals surface area contributed by atoms with Crippen LogP contribution in [0.25, 0.3) is 0 Å². The summed E-state index contributed by atoms with van der Waals surface area (Å²) in [5, 5.41) is 11.5. The minimum absolute atomic E-state index is 0.0795. The SMILES string of the molecule is CC1CCCCC1N(C)c1ccc(C(N)=NO)cc1F. The van der Waals surface area contributed by atoms with Gasteiger partial charge in [0.1, 0.15) is 5.82 Å². The molecule has 5 heteroatoms. The van der Waals surface area contributed by atoms with Gasteiger partial charge in [-0.15, -0.1) is 0 Å². The van der Waals surface area contributed by atoms with Crippen LogP contribution in [0.2, 0.25) is 0 Å². The van der Waals surface area contributed by atoms with Crippen molar-refractivity contribution in [2.75, 3.05) is 11.9 Å². The number of halogens is 1. The molecule has 1 aromatic carbocycles. The van der Waals surface area contributed by atoms with Gasteiger partial charge in [-0.25, -0.2) is 4.39 Å². The maximum absolute atomic E-state index is 14.2. The Balaban J connectivity index is 2.24. The quantitative estimate of drug-likeness (QED) is 0.387. The average molecular weight is 279 g/mol. The molecule has 0 amide bonds. The lowest BCUT2D eigenvalue weighted by molar-refractivity contribution is 0.318. The largest absolute Gasteiger partial charge is 0.409 e. The van der Waals surface area contributed by atoms with Crippen molar-refractivity contribution in [3.8, 4) is 0 Å². The van der Waals surface area contributed by atoms with Crippen LogP contribution in [0.3, 0.4) is 0 Å². The summed E-state index contributed by atoms with van der Waals surface area (Å²) >= 11 is 0. The highest BCUT2D eigenvalue weighted by atomic mass is 19.1. The Morgan fingerprint density at radius 1 is 1.40 bits per heavy atom. The van der Waals surface area contributed by atoms with Crippen molar-refractivity contribution in [1.82, 2.24) is 0 Å². The number of nitrogens with two attached hydrogens (primary N) is 1. The molecular weight excluding hydrogens is 257 g/mol. The van der Waals surface area contributed by atoms with E-state index >= 15 is 0 Å². The number of benzene rings is 1. The van der Waals surface area contributed by atoms with Crippen molar-refractivity contribution >= 4 is 11.5 Å². The van der Waals surface area contributed by atoms with E-state index in [9.17, 15) is 4.39 Å². The summed E-state index contributed by atoms with van der Waals surface area (Å²) in [6, 6.07) is 5.06. The third kappa shape index (κ3) is 2.86. The fraction of sp³-hybridized carbons (Fsp3) is 0.533. The fourth-order valence-electron chi connectivity index (χ4n) is 3.06. The lowest BCUT2D eigenvalue weighted by Gasteiger charge is -2.37.